The Balaban J connectivity index is 2.43. The second-order valence-electron chi connectivity index (χ2n) is 4.06. The van der Waals surface area contributed by atoms with Crippen LogP contribution in [0.15, 0.2) is 4.79 Å². The van der Waals surface area contributed by atoms with Crippen molar-refractivity contribution in [3.63, 3.8) is 0 Å². The van der Waals surface area contributed by atoms with Crippen molar-refractivity contribution in [2.45, 2.75) is 19.3 Å². The SMILES string of the molecule is O=c1[nH]c(CCO)nc2c1CCS(=O)(=O)CC2. The molecule has 0 atom stereocenters. The molecule has 0 amide bonds. The van der Waals surface area contributed by atoms with E-state index in [2.05, 4.69) is 9.97 Å². The Labute approximate surface area is 98.6 Å². The number of nitrogens with zero attached hydrogens (tertiary/aromatic N) is 1. The normalized spacial score (nSPS) is 18.4. The molecule has 94 valence electrons. The standard InChI is InChI=1S/C10H14N2O4S/c13-4-1-9-11-8-3-6-17(15,16)5-2-7(8)10(14)12-9/h13H,1-6H2,(H,11,12,14). The first-order chi connectivity index (χ1) is 8.02. The number of rotatable bonds is 2. The molecule has 0 aromatic carbocycles. The molecular weight excluding hydrogens is 244 g/mol. The summed E-state index contributed by atoms with van der Waals surface area (Å²) in [6, 6.07) is 0. The lowest BCUT2D eigenvalue weighted by Crippen LogP contribution is -2.21. The van der Waals surface area contributed by atoms with Gasteiger partial charge in [0.2, 0.25) is 0 Å². The highest BCUT2D eigenvalue weighted by Gasteiger charge is 2.21. The average Bonchev–Trinajstić information content (AvgIpc) is 2.39. The summed E-state index contributed by atoms with van der Waals surface area (Å²) in [5.74, 6) is 0.453. The molecule has 2 rings (SSSR count). The van der Waals surface area contributed by atoms with Crippen LogP contribution in [0.3, 0.4) is 0 Å². The van der Waals surface area contributed by atoms with Gasteiger partial charge >= 0.3 is 0 Å². The van der Waals surface area contributed by atoms with Gasteiger partial charge in [-0.2, -0.15) is 0 Å². The van der Waals surface area contributed by atoms with E-state index in [9.17, 15) is 13.2 Å². The highest BCUT2D eigenvalue weighted by Crippen LogP contribution is 2.11. The molecule has 2 heterocycles. The molecule has 1 aromatic heterocycles. The number of fused-ring (bicyclic) bond motifs is 1. The number of hydrogen-bond acceptors (Lipinski definition) is 5. The second kappa shape index (κ2) is 4.58. The van der Waals surface area contributed by atoms with Gasteiger partial charge in [0.25, 0.3) is 5.56 Å². The van der Waals surface area contributed by atoms with Crippen molar-refractivity contribution in [1.29, 1.82) is 0 Å². The molecule has 0 fully saturated rings. The molecular formula is C10H14N2O4S. The quantitative estimate of drug-likeness (QED) is 0.695. The Bertz CT molecular complexity index is 576. The van der Waals surface area contributed by atoms with Gasteiger partial charge in [-0.1, -0.05) is 0 Å². The third-order valence-corrected chi connectivity index (χ3v) is 4.46. The molecule has 1 aliphatic heterocycles. The van der Waals surface area contributed by atoms with Gasteiger partial charge in [0, 0.05) is 18.4 Å². The average molecular weight is 258 g/mol. The summed E-state index contributed by atoms with van der Waals surface area (Å²) >= 11 is 0. The monoisotopic (exact) mass is 258 g/mol. The first kappa shape index (κ1) is 12.3. The molecule has 7 heteroatoms. The molecule has 1 aromatic rings. The lowest BCUT2D eigenvalue weighted by Gasteiger charge is -2.05. The molecule has 1 aliphatic rings. The van der Waals surface area contributed by atoms with Crippen LogP contribution >= 0.6 is 0 Å². The molecule has 0 saturated carbocycles. The summed E-state index contributed by atoms with van der Waals surface area (Å²) in [6.07, 6.45) is 0.773. The molecule has 0 saturated heterocycles. The summed E-state index contributed by atoms with van der Waals surface area (Å²) in [7, 11) is -3.07. The number of hydrogen-bond donors (Lipinski definition) is 2. The van der Waals surface area contributed by atoms with Crippen molar-refractivity contribution in [1.82, 2.24) is 9.97 Å². The van der Waals surface area contributed by atoms with Crippen molar-refractivity contribution >= 4 is 9.84 Å². The second-order valence-corrected chi connectivity index (χ2v) is 6.37. The number of aromatic amines is 1. The minimum absolute atomic E-state index is 0.00407. The van der Waals surface area contributed by atoms with Crippen LogP contribution in [0.4, 0.5) is 0 Å². The zero-order valence-corrected chi connectivity index (χ0v) is 10.1. The maximum Gasteiger partial charge on any atom is 0.254 e. The Morgan fingerprint density at radius 2 is 2.00 bits per heavy atom. The molecule has 0 aliphatic carbocycles. The van der Waals surface area contributed by atoms with E-state index in [1.54, 1.807) is 0 Å². The molecule has 6 nitrogen and oxygen atoms in total. The smallest absolute Gasteiger partial charge is 0.254 e. The maximum absolute atomic E-state index is 11.8. The summed E-state index contributed by atoms with van der Waals surface area (Å²) in [6.45, 7) is -0.0972. The van der Waals surface area contributed by atoms with Crippen molar-refractivity contribution < 1.29 is 13.5 Å². The number of aryl methyl sites for hydroxylation is 1. The van der Waals surface area contributed by atoms with Crippen LogP contribution in [0, 0.1) is 0 Å². The van der Waals surface area contributed by atoms with E-state index in [0.29, 0.717) is 17.1 Å². The highest BCUT2D eigenvalue weighted by molar-refractivity contribution is 7.91. The van der Waals surface area contributed by atoms with Crippen LogP contribution in [-0.2, 0) is 29.1 Å². The van der Waals surface area contributed by atoms with E-state index >= 15 is 0 Å². The number of nitrogens with one attached hydrogen (secondary N) is 1. The highest BCUT2D eigenvalue weighted by atomic mass is 32.2. The van der Waals surface area contributed by atoms with E-state index in [-0.39, 0.29) is 42.9 Å². The van der Waals surface area contributed by atoms with Gasteiger partial charge in [-0.3, -0.25) is 4.79 Å². The maximum atomic E-state index is 11.8. The fraction of sp³-hybridized carbons (Fsp3) is 0.600. The Morgan fingerprint density at radius 3 is 2.71 bits per heavy atom. The largest absolute Gasteiger partial charge is 0.396 e. The van der Waals surface area contributed by atoms with Gasteiger partial charge in [-0.05, 0) is 6.42 Å². The first-order valence-electron chi connectivity index (χ1n) is 5.44. The fourth-order valence-corrected chi connectivity index (χ4v) is 3.12. The Kier molecular flexibility index (Phi) is 3.30. The van der Waals surface area contributed by atoms with Gasteiger partial charge in [0.1, 0.15) is 5.82 Å². The van der Waals surface area contributed by atoms with E-state index < -0.39 is 9.84 Å². The topological polar surface area (TPSA) is 100 Å². The summed E-state index contributed by atoms with van der Waals surface area (Å²) in [4.78, 5) is 18.5. The van der Waals surface area contributed by atoms with Gasteiger partial charge < -0.3 is 10.1 Å². The minimum Gasteiger partial charge on any atom is -0.396 e. The predicted octanol–water partition coefficient (Wildman–Crippen LogP) is -1.18. The van der Waals surface area contributed by atoms with Crippen molar-refractivity contribution in [3.05, 3.63) is 27.4 Å². The zero-order chi connectivity index (χ0) is 12.5. The van der Waals surface area contributed by atoms with Crippen LogP contribution in [0.1, 0.15) is 17.1 Å². The molecule has 0 bridgehead atoms. The molecule has 17 heavy (non-hydrogen) atoms. The van der Waals surface area contributed by atoms with Crippen molar-refractivity contribution in [2.75, 3.05) is 18.1 Å². The minimum atomic E-state index is -3.07. The van der Waals surface area contributed by atoms with Gasteiger partial charge in [0.05, 0.1) is 23.8 Å². The fourth-order valence-electron chi connectivity index (χ4n) is 1.90. The van der Waals surface area contributed by atoms with E-state index in [1.165, 1.54) is 0 Å². The van der Waals surface area contributed by atoms with E-state index in [4.69, 9.17) is 5.11 Å². The van der Waals surface area contributed by atoms with Gasteiger partial charge in [-0.25, -0.2) is 13.4 Å². The van der Waals surface area contributed by atoms with Crippen molar-refractivity contribution in [3.8, 4) is 0 Å². The first-order valence-corrected chi connectivity index (χ1v) is 7.26. The summed E-state index contributed by atoms with van der Waals surface area (Å²) in [5, 5.41) is 8.80. The number of aliphatic hydroxyl groups excluding tert-OH is 1. The molecule has 2 N–H and O–H groups in total. The van der Waals surface area contributed by atoms with Crippen LogP contribution in [-0.4, -0.2) is 41.6 Å². The Hall–Kier alpha value is -1.21. The molecule has 0 unspecified atom stereocenters. The van der Waals surface area contributed by atoms with Crippen molar-refractivity contribution in [2.24, 2.45) is 0 Å². The van der Waals surface area contributed by atoms with Crippen LogP contribution in [0.2, 0.25) is 0 Å². The third-order valence-electron chi connectivity index (χ3n) is 2.81. The van der Waals surface area contributed by atoms with Crippen LogP contribution in [0.5, 0.6) is 0 Å². The third kappa shape index (κ3) is 2.73. The van der Waals surface area contributed by atoms with Gasteiger partial charge in [0.15, 0.2) is 9.84 Å². The number of H-pyrrole nitrogens is 1. The van der Waals surface area contributed by atoms with Crippen LogP contribution in [0.25, 0.3) is 0 Å². The summed E-state index contributed by atoms with van der Waals surface area (Å²) in [5.41, 5.74) is 0.738. The zero-order valence-electron chi connectivity index (χ0n) is 9.27. The predicted molar refractivity (Wildman–Crippen MR) is 61.7 cm³/mol. The number of sulfone groups is 1. The number of aliphatic hydroxyl groups is 1. The van der Waals surface area contributed by atoms with Gasteiger partial charge in [-0.15, -0.1) is 0 Å². The van der Waals surface area contributed by atoms with E-state index in [0.717, 1.165) is 0 Å². The number of aromatic nitrogens is 2. The summed E-state index contributed by atoms with van der Waals surface area (Å²) < 4.78 is 23.0. The Morgan fingerprint density at radius 1 is 1.29 bits per heavy atom. The van der Waals surface area contributed by atoms with E-state index in [1.807, 2.05) is 0 Å². The lowest BCUT2D eigenvalue weighted by atomic mass is 10.1. The molecule has 0 spiro atoms. The lowest BCUT2D eigenvalue weighted by molar-refractivity contribution is 0.296. The van der Waals surface area contributed by atoms with Crippen LogP contribution < -0.4 is 5.56 Å². The molecule has 0 radical (unpaired) electrons.